The van der Waals surface area contributed by atoms with Crippen LogP contribution in [-0.2, 0) is 16.6 Å². The second kappa shape index (κ2) is 6.15. The molecule has 10 heteroatoms. The van der Waals surface area contributed by atoms with E-state index < -0.39 is 32.5 Å². The summed E-state index contributed by atoms with van der Waals surface area (Å²) in [5, 5.41) is 16.4. The van der Waals surface area contributed by atoms with Crippen molar-refractivity contribution in [1.29, 1.82) is 0 Å². The van der Waals surface area contributed by atoms with Gasteiger partial charge in [0.25, 0.3) is 15.9 Å². The Hall–Kier alpha value is -2.98. The Morgan fingerprint density at radius 3 is 2.76 bits per heavy atom. The number of nitrogens with two attached hydrogens (primary N) is 1. The monoisotopic (exact) mass is 364 g/mol. The molecule has 2 aromatic heterocycles. The van der Waals surface area contributed by atoms with Gasteiger partial charge in [-0.2, -0.15) is 0 Å². The lowest BCUT2D eigenvalue weighted by molar-refractivity contribution is 0.0939. The molecule has 0 bridgehead atoms. The molecule has 0 spiro atoms. The number of aromatic nitrogens is 2. The average molecular weight is 364 g/mol. The van der Waals surface area contributed by atoms with Gasteiger partial charge in [-0.25, -0.2) is 22.9 Å². The predicted octanol–water partition coefficient (Wildman–Crippen LogP) is 0.756. The van der Waals surface area contributed by atoms with Crippen LogP contribution in [0.5, 0.6) is 5.75 Å². The van der Waals surface area contributed by atoms with E-state index in [1.54, 1.807) is 12.1 Å². The number of fused-ring (bicyclic) bond motifs is 1. The molecule has 0 aliphatic heterocycles. The van der Waals surface area contributed by atoms with Crippen LogP contribution in [0.15, 0.2) is 47.6 Å². The lowest BCUT2D eigenvalue weighted by atomic mass is 10.2. The number of hydrogen-bond acceptors (Lipinski definition) is 5. The lowest BCUT2D eigenvalue weighted by Crippen LogP contribution is -2.25. The maximum atomic E-state index is 13.3. The molecule has 130 valence electrons. The summed E-state index contributed by atoms with van der Waals surface area (Å²) in [5.41, 5.74) is 0.585. The number of benzene rings is 1. The molecule has 1 amide bonds. The smallest absolute Gasteiger partial charge is 0.287 e. The van der Waals surface area contributed by atoms with Gasteiger partial charge in [-0.05, 0) is 29.8 Å². The highest BCUT2D eigenvalue weighted by Crippen LogP contribution is 2.18. The van der Waals surface area contributed by atoms with Crippen LogP contribution in [0, 0.1) is 5.82 Å². The molecule has 3 aromatic rings. The van der Waals surface area contributed by atoms with Gasteiger partial charge in [0.05, 0.1) is 5.52 Å². The number of rotatable bonds is 4. The average Bonchev–Trinajstić information content (AvgIpc) is 2.95. The van der Waals surface area contributed by atoms with Gasteiger partial charge in [0.1, 0.15) is 0 Å². The molecule has 0 radical (unpaired) electrons. The normalized spacial score (nSPS) is 11.6. The third-order valence-electron chi connectivity index (χ3n) is 3.45. The summed E-state index contributed by atoms with van der Waals surface area (Å²) in [5.74, 6) is -2.13. The van der Waals surface area contributed by atoms with Crippen molar-refractivity contribution in [2.45, 2.75) is 11.6 Å². The number of primary sulfonamides is 1. The van der Waals surface area contributed by atoms with Crippen molar-refractivity contribution in [1.82, 2.24) is 14.7 Å². The molecule has 25 heavy (non-hydrogen) atoms. The van der Waals surface area contributed by atoms with Crippen LogP contribution in [-0.4, -0.2) is 28.8 Å². The van der Waals surface area contributed by atoms with E-state index in [1.807, 2.05) is 0 Å². The van der Waals surface area contributed by atoms with E-state index in [0.717, 1.165) is 6.07 Å². The summed E-state index contributed by atoms with van der Waals surface area (Å²) >= 11 is 0. The number of hydrogen-bond donors (Lipinski definition) is 3. The van der Waals surface area contributed by atoms with Gasteiger partial charge in [0, 0.05) is 12.7 Å². The number of carbonyl (C=O) groups is 1. The molecule has 3 rings (SSSR count). The van der Waals surface area contributed by atoms with E-state index in [9.17, 15) is 17.6 Å². The van der Waals surface area contributed by atoms with Crippen LogP contribution in [0.1, 0.15) is 16.2 Å². The zero-order chi connectivity index (χ0) is 18.2. The van der Waals surface area contributed by atoms with Crippen LogP contribution in [0.3, 0.4) is 0 Å². The first kappa shape index (κ1) is 16.9. The molecule has 0 aliphatic rings. The molecule has 0 unspecified atom stereocenters. The Labute approximate surface area is 141 Å². The Kier molecular flexibility index (Phi) is 4.15. The SMILES string of the molecule is NS(=O)(=O)c1nc(C(=O)NCc2ccc(O)c(F)c2)n2ccccc12. The van der Waals surface area contributed by atoms with Crippen molar-refractivity contribution in [3.05, 3.63) is 59.8 Å². The predicted molar refractivity (Wildman–Crippen MR) is 85.8 cm³/mol. The summed E-state index contributed by atoms with van der Waals surface area (Å²) in [6, 6.07) is 8.35. The standard InChI is InChI=1S/C15H13FN4O4S/c16-10-7-9(4-5-12(10)21)8-18-14(22)13-19-15(25(17,23)24)11-3-1-2-6-20(11)13/h1-7,21H,8H2,(H,18,22)(H2,17,23,24). The van der Waals surface area contributed by atoms with Crippen LogP contribution in [0.4, 0.5) is 4.39 Å². The number of imidazole rings is 1. The molecule has 1 aromatic carbocycles. The summed E-state index contributed by atoms with van der Waals surface area (Å²) in [6.07, 6.45) is 1.48. The fourth-order valence-corrected chi connectivity index (χ4v) is 2.97. The van der Waals surface area contributed by atoms with Gasteiger partial charge >= 0.3 is 0 Å². The van der Waals surface area contributed by atoms with E-state index in [2.05, 4.69) is 10.3 Å². The number of carbonyl (C=O) groups excluding carboxylic acids is 1. The number of nitrogens with one attached hydrogen (secondary N) is 1. The first-order chi connectivity index (χ1) is 11.8. The minimum Gasteiger partial charge on any atom is -0.505 e. The Morgan fingerprint density at radius 2 is 2.08 bits per heavy atom. The van der Waals surface area contributed by atoms with Crippen molar-refractivity contribution >= 4 is 21.4 Å². The minimum absolute atomic E-state index is 0.0392. The topological polar surface area (TPSA) is 127 Å². The molecule has 0 fully saturated rings. The van der Waals surface area contributed by atoms with Crippen LogP contribution in [0.2, 0.25) is 0 Å². The molecule has 0 aliphatic carbocycles. The van der Waals surface area contributed by atoms with E-state index in [1.165, 1.54) is 28.8 Å². The number of sulfonamides is 1. The van der Waals surface area contributed by atoms with E-state index in [4.69, 9.17) is 10.2 Å². The molecule has 2 heterocycles. The van der Waals surface area contributed by atoms with E-state index in [-0.39, 0.29) is 17.9 Å². The summed E-state index contributed by atoms with van der Waals surface area (Å²) < 4.78 is 37.9. The third-order valence-corrected chi connectivity index (χ3v) is 4.29. The van der Waals surface area contributed by atoms with Gasteiger partial charge in [-0.15, -0.1) is 0 Å². The first-order valence-corrected chi connectivity index (χ1v) is 8.57. The number of aromatic hydroxyl groups is 1. The Balaban J connectivity index is 1.91. The van der Waals surface area contributed by atoms with Crippen molar-refractivity contribution in [3.63, 3.8) is 0 Å². The second-order valence-corrected chi connectivity index (χ2v) is 6.69. The van der Waals surface area contributed by atoms with Crippen molar-refractivity contribution < 1.29 is 22.7 Å². The summed E-state index contributed by atoms with van der Waals surface area (Å²) in [7, 11) is -4.11. The Bertz CT molecular complexity index is 1080. The molecular formula is C15H13FN4O4S. The molecule has 0 atom stereocenters. The Morgan fingerprint density at radius 1 is 1.32 bits per heavy atom. The second-order valence-electron chi connectivity index (χ2n) is 5.21. The number of nitrogens with zero attached hydrogens (tertiary/aromatic N) is 2. The minimum atomic E-state index is -4.11. The molecule has 4 N–H and O–H groups in total. The van der Waals surface area contributed by atoms with Crippen LogP contribution in [0.25, 0.3) is 5.52 Å². The number of pyridine rings is 1. The van der Waals surface area contributed by atoms with Crippen LogP contribution < -0.4 is 10.5 Å². The zero-order valence-electron chi connectivity index (χ0n) is 12.7. The van der Waals surface area contributed by atoms with Gasteiger partial charge < -0.3 is 10.4 Å². The maximum absolute atomic E-state index is 13.3. The number of phenols is 1. The third kappa shape index (κ3) is 3.30. The molecule has 8 nitrogen and oxygen atoms in total. The van der Waals surface area contributed by atoms with Gasteiger partial charge in [0.2, 0.25) is 5.82 Å². The summed E-state index contributed by atoms with van der Waals surface area (Å²) in [6.45, 7) is -0.0392. The van der Waals surface area contributed by atoms with Crippen molar-refractivity contribution in [2.24, 2.45) is 5.14 Å². The highest BCUT2D eigenvalue weighted by Gasteiger charge is 2.23. The largest absolute Gasteiger partial charge is 0.505 e. The number of halogens is 1. The van der Waals surface area contributed by atoms with Gasteiger partial charge in [-0.3, -0.25) is 9.20 Å². The number of phenolic OH excluding ortho intramolecular Hbond substituents is 1. The fourth-order valence-electron chi connectivity index (χ4n) is 2.30. The highest BCUT2D eigenvalue weighted by molar-refractivity contribution is 7.89. The van der Waals surface area contributed by atoms with Crippen molar-refractivity contribution in [3.8, 4) is 5.75 Å². The fraction of sp³-hybridized carbons (Fsp3) is 0.0667. The summed E-state index contributed by atoms with van der Waals surface area (Å²) in [4.78, 5) is 16.2. The molecule has 0 saturated heterocycles. The van der Waals surface area contributed by atoms with E-state index in [0.29, 0.717) is 5.56 Å². The van der Waals surface area contributed by atoms with Crippen molar-refractivity contribution in [2.75, 3.05) is 0 Å². The number of amides is 1. The lowest BCUT2D eigenvalue weighted by Gasteiger charge is -2.05. The van der Waals surface area contributed by atoms with Gasteiger partial charge in [0.15, 0.2) is 16.6 Å². The highest BCUT2D eigenvalue weighted by atomic mass is 32.2. The van der Waals surface area contributed by atoms with Crippen LogP contribution >= 0.6 is 0 Å². The zero-order valence-corrected chi connectivity index (χ0v) is 13.5. The maximum Gasteiger partial charge on any atom is 0.287 e. The molecule has 0 saturated carbocycles. The van der Waals surface area contributed by atoms with Gasteiger partial charge in [-0.1, -0.05) is 12.1 Å². The quantitative estimate of drug-likeness (QED) is 0.630. The van der Waals surface area contributed by atoms with E-state index >= 15 is 0 Å². The molecular weight excluding hydrogens is 351 g/mol. The first-order valence-electron chi connectivity index (χ1n) is 7.03.